The number of methoxy groups -OCH3 is 1. The lowest BCUT2D eigenvalue weighted by atomic mass is 9.52. The Hall–Kier alpha value is -0.730. The molecule has 3 heteroatoms. The third-order valence-electron chi connectivity index (χ3n) is 7.57. The maximum absolute atomic E-state index is 5.57. The van der Waals surface area contributed by atoms with E-state index in [2.05, 4.69) is 23.1 Å². The number of hydrogen-bond acceptors (Lipinski definition) is 2. The molecule has 132 valence electrons. The topological polar surface area (TPSA) is 12.5 Å². The van der Waals surface area contributed by atoms with Crippen LogP contribution >= 0.6 is 12.4 Å². The van der Waals surface area contributed by atoms with E-state index in [-0.39, 0.29) is 12.4 Å². The van der Waals surface area contributed by atoms with Gasteiger partial charge in [0, 0.05) is 18.5 Å². The summed E-state index contributed by atoms with van der Waals surface area (Å²) in [5, 5.41) is 0. The molecule has 0 N–H and O–H groups in total. The maximum atomic E-state index is 5.57. The first-order valence-electron chi connectivity index (χ1n) is 9.65. The van der Waals surface area contributed by atoms with Crippen LogP contribution in [-0.4, -0.2) is 31.6 Å². The molecule has 4 aliphatic rings. The Morgan fingerprint density at radius 1 is 1.17 bits per heavy atom. The van der Waals surface area contributed by atoms with Gasteiger partial charge in [0.2, 0.25) is 0 Å². The zero-order chi connectivity index (χ0) is 15.5. The van der Waals surface area contributed by atoms with Crippen molar-refractivity contribution in [3.05, 3.63) is 29.3 Å². The van der Waals surface area contributed by atoms with Crippen molar-refractivity contribution in [2.45, 2.75) is 56.8 Å². The summed E-state index contributed by atoms with van der Waals surface area (Å²) in [6.45, 7) is 4.05. The predicted molar refractivity (Wildman–Crippen MR) is 100 cm³/mol. The van der Waals surface area contributed by atoms with Gasteiger partial charge in [-0.25, -0.2) is 0 Å². The molecule has 24 heavy (non-hydrogen) atoms. The van der Waals surface area contributed by atoms with E-state index in [0.717, 1.165) is 11.7 Å². The molecular formula is C21H30ClNO. The quantitative estimate of drug-likeness (QED) is 0.793. The number of piperidine rings is 1. The zero-order valence-corrected chi connectivity index (χ0v) is 15.7. The molecule has 2 unspecified atom stereocenters. The number of halogens is 1. The van der Waals surface area contributed by atoms with Gasteiger partial charge >= 0.3 is 0 Å². The SMILES string of the molecule is COc1ccc2c(c1)C13CCCC1(CC2)CN(CC1CC1)CC3.Cl. The number of likely N-dealkylation sites (tertiary alicyclic amines) is 1. The lowest BCUT2D eigenvalue weighted by molar-refractivity contribution is 0.00499. The van der Waals surface area contributed by atoms with E-state index in [0.29, 0.717) is 10.8 Å². The summed E-state index contributed by atoms with van der Waals surface area (Å²) in [5.74, 6) is 2.08. The molecule has 2 atom stereocenters. The number of nitrogens with zero attached hydrogens (tertiary/aromatic N) is 1. The minimum absolute atomic E-state index is 0. The highest BCUT2D eigenvalue weighted by atomic mass is 35.5. The first-order chi connectivity index (χ1) is 11.2. The van der Waals surface area contributed by atoms with E-state index in [1.165, 1.54) is 71.0 Å². The summed E-state index contributed by atoms with van der Waals surface area (Å²) < 4.78 is 5.57. The molecule has 5 rings (SSSR count). The second kappa shape index (κ2) is 5.92. The normalized spacial score (nSPS) is 34.7. The van der Waals surface area contributed by atoms with Crippen LogP contribution in [0.15, 0.2) is 18.2 Å². The number of rotatable bonds is 3. The van der Waals surface area contributed by atoms with Crippen LogP contribution in [0.3, 0.4) is 0 Å². The molecular weight excluding hydrogens is 318 g/mol. The molecule has 1 aliphatic heterocycles. The van der Waals surface area contributed by atoms with Crippen molar-refractivity contribution in [3.63, 3.8) is 0 Å². The highest BCUT2D eigenvalue weighted by Gasteiger charge is 2.59. The Morgan fingerprint density at radius 3 is 2.83 bits per heavy atom. The van der Waals surface area contributed by atoms with Crippen LogP contribution in [0.25, 0.3) is 0 Å². The average molecular weight is 348 g/mol. The Labute approximate surface area is 152 Å². The van der Waals surface area contributed by atoms with Crippen molar-refractivity contribution in [2.24, 2.45) is 11.3 Å². The first-order valence-corrected chi connectivity index (χ1v) is 9.65. The summed E-state index contributed by atoms with van der Waals surface area (Å²) in [6, 6.07) is 6.91. The highest BCUT2D eigenvalue weighted by molar-refractivity contribution is 5.85. The number of hydrogen-bond donors (Lipinski definition) is 0. The van der Waals surface area contributed by atoms with Gasteiger partial charge in [-0.2, -0.15) is 0 Å². The maximum Gasteiger partial charge on any atom is 0.119 e. The second-order valence-corrected chi connectivity index (χ2v) is 8.67. The van der Waals surface area contributed by atoms with Crippen molar-refractivity contribution >= 4 is 12.4 Å². The zero-order valence-electron chi connectivity index (χ0n) is 14.9. The van der Waals surface area contributed by atoms with Crippen molar-refractivity contribution in [1.82, 2.24) is 4.90 Å². The van der Waals surface area contributed by atoms with Crippen molar-refractivity contribution in [2.75, 3.05) is 26.7 Å². The highest BCUT2D eigenvalue weighted by Crippen LogP contribution is 2.64. The monoisotopic (exact) mass is 347 g/mol. The molecule has 0 bridgehead atoms. The summed E-state index contributed by atoms with van der Waals surface area (Å²) in [4.78, 5) is 2.83. The lowest BCUT2D eigenvalue weighted by Crippen LogP contribution is -2.57. The molecule has 2 nitrogen and oxygen atoms in total. The van der Waals surface area contributed by atoms with Crippen LogP contribution < -0.4 is 4.74 Å². The van der Waals surface area contributed by atoms with E-state index in [1.54, 1.807) is 11.1 Å². The molecule has 1 saturated heterocycles. The van der Waals surface area contributed by atoms with Crippen LogP contribution in [0.4, 0.5) is 0 Å². The Balaban J connectivity index is 0.00000146. The van der Waals surface area contributed by atoms with Crippen molar-refractivity contribution in [3.8, 4) is 5.75 Å². The summed E-state index contributed by atoms with van der Waals surface area (Å²) in [6.07, 6.45) is 11.3. The predicted octanol–water partition coefficient (Wildman–Crippen LogP) is 4.59. The molecule has 3 fully saturated rings. The van der Waals surface area contributed by atoms with E-state index in [1.807, 2.05) is 7.11 Å². The number of aryl methyl sites for hydroxylation is 1. The van der Waals surface area contributed by atoms with Gasteiger partial charge in [0.15, 0.2) is 0 Å². The number of ether oxygens (including phenoxy) is 1. The fourth-order valence-corrected chi connectivity index (χ4v) is 6.25. The Kier molecular flexibility index (Phi) is 4.12. The van der Waals surface area contributed by atoms with E-state index < -0.39 is 0 Å². The van der Waals surface area contributed by atoms with Crippen LogP contribution in [0.2, 0.25) is 0 Å². The summed E-state index contributed by atoms with van der Waals surface area (Å²) in [7, 11) is 1.81. The van der Waals surface area contributed by atoms with Crippen LogP contribution in [0, 0.1) is 11.3 Å². The third-order valence-corrected chi connectivity index (χ3v) is 7.57. The number of benzene rings is 1. The molecule has 1 aromatic carbocycles. The molecule has 1 heterocycles. The molecule has 1 aromatic rings. The molecule has 0 amide bonds. The lowest BCUT2D eigenvalue weighted by Gasteiger charge is -2.57. The van der Waals surface area contributed by atoms with Crippen molar-refractivity contribution < 1.29 is 4.74 Å². The number of fused-ring (bicyclic) bond motifs is 1. The van der Waals surface area contributed by atoms with E-state index in [4.69, 9.17) is 4.74 Å². The molecule has 3 aliphatic carbocycles. The molecule has 2 saturated carbocycles. The molecule has 0 spiro atoms. The Bertz CT molecular complexity index is 628. The average Bonchev–Trinajstić information content (AvgIpc) is 3.30. The van der Waals surface area contributed by atoms with Crippen LogP contribution in [-0.2, 0) is 11.8 Å². The van der Waals surface area contributed by atoms with Gasteiger partial charge in [0.1, 0.15) is 5.75 Å². The second-order valence-electron chi connectivity index (χ2n) is 8.67. The minimum atomic E-state index is 0. The summed E-state index contributed by atoms with van der Waals surface area (Å²) in [5.41, 5.74) is 4.28. The van der Waals surface area contributed by atoms with Crippen molar-refractivity contribution in [1.29, 1.82) is 0 Å². The van der Waals surface area contributed by atoms with E-state index in [9.17, 15) is 0 Å². The van der Waals surface area contributed by atoms with Gasteiger partial charge in [-0.3, -0.25) is 0 Å². The van der Waals surface area contributed by atoms with Gasteiger partial charge < -0.3 is 9.64 Å². The Morgan fingerprint density at radius 2 is 2.04 bits per heavy atom. The standard InChI is InChI=1S/C21H29NO.ClH/c1-23-18-6-5-17-7-10-20-8-2-9-21(20,19(17)13-18)11-12-22(15-20)14-16-3-4-16;/h5-6,13,16H,2-4,7-12,14-15H2,1H3;1H. The van der Waals surface area contributed by atoms with Crippen LogP contribution in [0.5, 0.6) is 5.75 Å². The van der Waals surface area contributed by atoms with Gasteiger partial charge in [0.05, 0.1) is 7.11 Å². The molecule has 0 radical (unpaired) electrons. The first kappa shape index (κ1) is 16.7. The molecule has 0 aromatic heterocycles. The van der Waals surface area contributed by atoms with Gasteiger partial charge in [-0.1, -0.05) is 12.5 Å². The smallest absolute Gasteiger partial charge is 0.119 e. The fourth-order valence-electron chi connectivity index (χ4n) is 6.25. The largest absolute Gasteiger partial charge is 0.497 e. The third kappa shape index (κ3) is 2.33. The van der Waals surface area contributed by atoms with Crippen LogP contribution in [0.1, 0.15) is 56.1 Å². The fraction of sp³-hybridized carbons (Fsp3) is 0.714. The van der Waals surface area contributed by atoms with Gasteiger partial charge in [0.25, 0.3) is 0 Å². The summed E-state index contributed by atoms with van der Waals surface area (Å²) >= 11 is 0. The van der Waals surface area contributed by atoms with Gasteiger partial charge in [-0.05, 0) is 86.1 Å². The minimum Gasteiger partial charge on any atom is -0.497 e. The van der Waals surface area contributed by atoms with Gasteiger partial charge in [-0.15, -0.1) is 12.4 Å². The van der Waals surface area contributed by atoms with E-state index >= 15 is 0 Å².